The minimum atomic E-state index is -0.232. The number of aryl methyl sites for hydroxylation is 3. The van der Waals surface area contributed by atoms with Crippen LogP contribution in [-0.2, 0) is 4.79 Å². The number of thioether (sulfide) groups is 1. The highest BCUT2D eigenvalue weighted by Gasteiger charge is 2.29. The Hall–Kier alpha value is -1.17. The van der Waals surface area contributed by atoms with E-state index in [0.717, 1.165) is 21.7 Å². The maximum atomic E-state index is 11.8. The second-order valence-corrected chi connectivity index (χ2v) is 6.04. The molecule has 18 heavy (non-hydrogen) atoms. The van der Waals surface area contributed by atoms with Gasteiger partial charge >= 0.3 is 0 Å². The number of hydrazine groups is 1. The minimum Gasteiger partial charge on any atom is -0.267 e. The van der Waals surface area contributed by atoms with E-state index < -0.39 is 0 Å². The molecule has 0 radical (unpaired) electrons. The second kappa shape index (κ2) is 4.84. The zero-order valence-electron chi connectivity index (χ0n) is 10.5. The van der Waals surface area contributed by atoms with Crippen molar-refractivity contribution in [3.8, 4) is 0 Å². The molecule has 2 rings (SSSR count). The molecule has 1 aliphatic heterocycles. The number of nitrogens with two attached hydrogens (primary N) is 1. The average Bonchev–Trinajstić information content (AvgIpc) is 2.51. The standard InChI is InChI=1S/C13H14N2OS2/c1-7-4-8(2)10(9(3)5-7)6-11-12(16)15(14)13(17)18-11/h4-6H,14H2,1-3H3/b11-6-. The van der Waals surface area contributed by atoms with Crippen LogP contribution < -0.4 is 5.84 Å². The first-order chi connectivity index (χ1) is 8.40. The molecule has 1 aromatic rings. The quantitative estimate of drug-likeness (QED) is 0.371. The van der Waals surface area contributed by atoms with Gasteiger partial charge in [0.2, 0.25) is 0 Å². The third-order valence-corrected chi connectivity index (χ3v) is 4.17. The smallest absolute Gasteiger partial charge is 0.267 e. The summed E-state index contributed by atoms with van der Waals surface area (Å²) in [7, 11) is 0. The summed E-state index contributed by atoms with van der Waals surface area (Å²) in [5.41, 5.74) is 4.58. The molecule has 0 unspecified atom stereocenters. The maximum absolute atomic E-state index is 11.8. The van der Waals surface area contributed by atoms with E-state index >= 15 is 0 Å². The van der Waals surface area contributed by atoms with Crippen LogP contribution in [0.5, 0.6) is 0 Å². The second-order valence-electron chi connectivity index (χ2n) is 4.36. The van der Waals surface area contributed by atoms with Crippen molar-refractivity contribution in [2.24, 2.45) is 5.84 Å². The highest BCUT2D eigenvalue weighted by molar-refractivity contribution is 8.26. The van der Waals surface area contributed by atoms with Crippen LogP contribution in [0.1, 0.15) is 22.3 Å². The summed E-state index contributed by atoms with van der Waals surface area (Å²) in [5.74, 6) is 5.31. The molecule has 3 nitrogen and oxygen atoms in total. The molecular formula is C13H14N2OS2. The normalized spacial score (nSPS) is 18.0. The van der Waals surface area contributed by atoms with Crippen molar-refractivity contribution in [2.45, 2.75) is 20.8 Å². The zero-order valence-corrected chi connectivity index (χ0v) is 12.1. The Morgan fingerprint density at radius 1 is 1.28 bits per heavy atom. The fraction of sp³-hybridized carbons (Fsp3) is 0.231. The van der Waals surface area contributed by atoms with Crippen molar-refractivity contribution in [3.63, 3.8) is 0 Å². The number of hydrogen-bond donors (Lipinski definition) is 1. The first kappa shape index (κ1) is 13.3. The van der Waals surface area contributed by atoms with Gasteiger partial charge < -0.3 is 0 Å². The number of amides is 1. The van der Waals surface area contributed by atoms with Gasteiger partial charge in [-0.15, -0.1) is 0 Å². The molecule has 1 aromatic carbocycles. The summed E-state index contributed by atoms with van der Waals surface area (Å²) in [4.78, 5) is 12.4. The highest BCUT2D eigenvalue weighted by atomic mass is 32.2. The molecule has 1 aliphatic rings. The van der Waals surface area contributed by atoms with E-state index in [1.807, 2.05) is 19.9 Å². The van der Waals surface area contributed by atoms with E-state index in [1.165, 1.54) is 17.3 Å². The van der Waals surface area contributed by atoms with Gasteiger partial charge in [0, 0.05) is 0 Å². The van der Waals surface area contributed by atoms with Crippen molar-refractivity contribution in [1.29, 1.82) is 0 Å². The van der Waals surface area contributed by atoms with Gasteiger partial charge in [0.1, 0.15) is 0 Å². The van der Waals surface area contributed by atoms with Gasteiger partial charge in [-0.2, -0.15) is 0 Å². The third-order valence-electron chi connectivity index (χ3n) is 2.84. The van der Waals surface area contributed by atoms with Crippen LogP contribution in [0, 0.1) is 20.8 Å². The number of hydrogen-bond acceptors (Lipinski definition) is 4. The molecule has 0 aliphatic carbocycles. The van der Waals surface area contributed by atoms with Gasteiger partial charge in [0.15, 0.2) is 4.32 Å². The molecule has 1 saturated heterocycles. The molecule has 2 N–H and O–H groups in total. The molecule has 1 heterocycles. The summed E-state index contributed by atoms with van der Waals surface area (Å²) in [6.45, 7) is 6.13. The summed E-state index contributed by atoms with van der Waals surface area (Å²) in [6, 6.07) is 4.20. The number of thiocarbonyl (C=S) groups is 1. The minimum absolute atomic E-state index is 0.232. The predicted molar refractivity (Wildman–Crippen MR) is 79.9 cm³/mol. The number of rotatable bonds is 1. The molecule has 0 bridgehead atoms. The van der Waals surface area contributed by atoms with Crippen molar-refractivity contribution in [1.82, 2.24) is 5.01 Å². The number of carbonyl (C=O) groups excluding carboxylic acids is 1. The Labute approximate surface area is 116 Å². The molecule has 1 fully saturated rings. The Kier molecular flexibility index (Phi) is 3.56. The lowest BCUT2D eigenvalue weighted by Crippen LogP contribution is -2.34. The van der Waals surface area contributed by atoms with Gasteiger partial charge in [-0.1, -0.05) is 41.7 Å². The van der Waals surface area contributed by atoms with Crippen molar-refractivity contribution in [3.05, 3.63) is 39.3 Å². The largest absolute Gasteiger partial charge is 0.280 e. The van der Waals surface area contributed by atoms with Gasteiger partial charge in [0.25, 0.3) is 5.91 Å². The van der Waals surface area contributed by atoms with E-state index in [-0.39, 0.29) is 5.91 Å². The Balaban J connectivity index is 2.47. The number of nitrogens with zero attached hydrogens (tertiary/aromatic N) is 1. The SMILES string of the molecule is Cc1cc(C)c(/C=C2\SC(=S)N(N)C2=O)c(C)c1. The first-order valence-corrected chi connectivity index (χ1v) is 6.73. The van der Waals surface area contributed by atoms with Gasteiger partial charge in [-0.05, 0) is 43.5 Å². The lowest BCUT2D eigenvalue weighted by Gasteiger charge is -2.08. The van der Waals surface area contributed by atoms with Crippen LogP contribution in [-0.4, -0.2) is 15.2 Å². The Morgan fingerprint density at radius 3 is 2.28 bits per heavy atom. The molecule has 1 amide bonds. The van der Waals surface area contributed by atoms with Crippen LogP contribution in [0.25, 0.3) is 6.08 Å². The van der Waals surface area contributed by atoms with Crippen LogP contribution >= 0.6 is 24.0 Å². The van der Waals surface area contributed by atoms with Crippen LogP contribution in [0.2, 0.25) is 0 Å². The van der Waals surface area contributed by atoms with E-state index in [4.69, 9.17) is 18.1 Å². The van der Waals surface area contributed by atoms with Crippen LogP contribution in [0.4, 0.5) is 0 Å². The lowest BCUT2D eigenvalue weighted by molar-refractivity contribution is -0.122. The topological polar surface area (TPSA) is 46.3 Å². The molecule has 0 aromatic heterocycles. The predicted octanol–water partition coefficient (Wildman–Crippen LogP) is 2.69. The van der Waals surface area contributed by atoms with E-state index in [1.54, 1.807) is 0 Å². The summed E-state index contributed by atoms with van der Waals surface area (Å²) < 4.78 is 0.397. The van der Waals surface area contributed by atoms with E-state index in [9.17, 15) is 4.79 Å². The van der Waals surface area contributed by atoms with Gasteiger partial charge in [0.05, 0.1) is 4.91 Å². The lowest BCUT2D eigenvalue weighted by atomic mass is 9.99. The summed E-state index contributed by atoms with van der Waals surface area (Å²) in [5, 5.41) is 1.02. The van der Waals surface area contributed by atoms with Crippen LogP contribution in [0.3, 0.4) is 0 Å². The van der Waals surface area contributed by atoms with Gasteiger partial charge in [-0.25, -0.2) is 10.9 Å². The van der Waals surface area contributed by atoms with E-state index in [2.05, 4.69) is 19.1 Å². The van der Waals surface area contributed by atoms with Crippen molar-refractivity contribution < 1.29 is 4.79 Å². The number of benzene rings is 1. The maximum Gasteiger partial charge on any atom is 0.280 e. The summed E-state index contributed by atoms with van der Waals surface area (Å²) in [6.07, 6.45) is 1.87. The van der Waals surface area contributed by atoms with Crippen molar-refractivity contribution >= 4 is 40.3 Å². The molecule has 0 spiro atoms. The third kappa shape index (κ3) is 2.34. The first-order valence-electron chi connectivity index (χ1n) is 5.50. The Bertz CT molecular complexity index is 555. The fourth-order valence-corrected chi connectivity index (χ4v) is 3.11. The molecular weight excluding hydrogens is 264 g/mol. The van der Waals surface area contributed by atoms with E-state index in [0.29, 0.717) is 9.23 Å². The molecule has 0 saturated carbocycles. The Morgan fingerprint density at radius 2 is 1.83 bits per heavy atom. The molecule has 0 atom stereocenters. The fourth-order valence-electron chi connectivity index (χ4n) is 2.03. The summed E-state index contributed by atoms with van der Waals surface area (Å²) >= 11 is 6.24. The number of carbonyl (C=O) groups is 1. The van der Waals surface area contributed by atoms with Crippen molar-refractivity contribution in [2.75, 3.05) is 0 Å². The van der Waals surface area contributed by atoms with Gasteiger partial charge in [-0.3, -0.25) is 4.79 Å². The molecule has 94 valence electrons. The average molecular weight is 278 g/mol. The monoisotopic (exact) mass is 278 g/mol. The van der Waals surface area contributed by atoms with Crippen LogP contribution in [0.15, 0.2) is 17.0 Å². The molecule has 5 heteroatoms. The zero-order chi connectivity index (χ0) is 13.4. The highest BCUT2D eigenvalue weighted by Crippen LogP contribution is 2.31.